The van der Waals surface area contributed by atoms with Gasteiger partial charge in [-0.05, 0) is 36.1 Å². The Labute approximate surface area is 169 Å². The summed E-state index contributed by atoms with van der Waals surface area (Å²) < 4.78 is 41.1. The van der Waals surface area contributed by atoms with Crippen LogP contribution in [0.1, 0.15) is 42.0 Å². The Morgan fingerprint density at radius 1 is 1.03 bits per heavy atom. The molecule has 3 N–H and O–H groups in total. The van der Waals surface area contributed by atoms with Gasteiger partial charge in [-0.2, -0.15) is 5.21 Å². The number of nitrogens with one attached hydrogen (secondary N) is 1. The number of halogens is 3. The van der Waals surface area contributed by atoms with Gasteiger partial charge in [-0.15, -0.1) is 10.2 Å². The van der Waals surface area contributed by atoms with Crippen molar-refractivity contribution in [2.45, 2.75) is 50.4 Å². The maximum Gasteiger partial charge on any atom is 0.241 e. The van der Waals surface area contributed by atoms with Gasteiger partial charge in [0.15, 0.2) is 11.6 Å². The highest BCUT2D eigenvalue weighted by atomic mass is 19.2. The maximum atomic E-state index is 14.2. The van der Waals surface area contributed by atoms with Crippen LogP contribution >= 0.6 is 0 Å². The fourth-order valence-corrected chi connectivity index (χ4v) is 4.52. The van der Waals surface area contributed by atoms with Crippen LogP contribution in [0.2, 0.25) is 0 Å². The summed E-state index contributed by atoms with van der Waals surface area (Å²) in [5, 5.41) is 13.7. The molecule has 0 bridgehead atoms. The van der Waals surface area contributed by atoms with Gasteiger partial charge in [0, 0.05) is 48.9 Å². The molecule has 156 valence electrons. The van der Waals surface area contributed by atoms with E-state index >= 15 is 0 Å². The highest BCUT2D eigenvalue weighted by Gasteiger charge is 2.36. The van der Waals surface area contributed by atoms with Crippen molar-refractivity contribution in [3.63, 3.8) is 0 Å². The molecule has 2 aromatic heterocycles. The van der Waals surface area contributed by atoms with E-state index in [1.807, 2.05) is 0 Å². The standard InChI is InChI=1S/C19H19F3N8/c20-13-5-15(22)14(21)4-12(13)11-2-1-10(3-16(11)23)30-7-9-6-24-18(25-17(9)8-30)19-26-28-29-27-19/h4-6,10-11,16H,1-3,7-8,23H2,(H,26,27,28,29)/t10-,11+,16-/m0/s1. The highest BCUT2D eigenvalue weighted by Crippen LogP contribution is 2.38. The van der Waals surface area contributed by atoms with E-state index in [4.69, 9.17) is 5.73 Å². The van der Waals surface area contributed by atoms with Crippen LogP contribution in [0.5, 0.6) is 0 Å². The molecule has 1 aliphatic carbocycles. The third-order valence-corrected chi connectivity index (χ3v) is 6.05. The first-order valence-electron chi connectivity index (χ1n) is 9.72. The summed E-state index contributed by atoms with van der Waals surface area (Å²) in [5.41, 5.74) is 8.45. The van der Waals surface area contributed by atoms with E-state index in [1.165, 1.54) is 0 Å². The molecule has 3 atom stereocenters. The average molecular weight is 416 g/mol. The molecule has 0 unspecified atom stereocenters. The van der Waals surface area contributed by atoms with Crippen LogP contribution in [0.25, 0.3) is 11.6 Å². The third-order valence-electron chi connectivity index (χ3n) is 6.05. The number of benzene rings is 1. The Kier molecular flexibility index (Phi) is 4.70. The van der Waals surface area contributed by atoms with Gasteiger partial charge in [0.2, 0.25) is 11.6 Å². The molecule has 1 fully saturated rings. The lowest BCUT2D eigenvalue weighted by atomic mass is 9.77. The monoisotopic (exact) mass is 416 g/mol. The summed E-state index contributed by atoms with van der Waals surface area (Å²) in [6.45, 7) is 1.34. The number of H-pyrrole nitrogens is 1. The van der Waals surface area contributed by atoms with Crippen LogP contribution in [0.3, 0.4) is 0 Å². The van der Waals surface area contributed by atoms with Crippen molar-refractivity contribution in [1.82, 2.24) is 35.5 Å². The minimum Gasteiger partial charge on any atom is -0.327 e. The molecule has 0 radical (unpaired) electrons. The van der Waals surface area contributed by atoms with Gasteiger partial charge in [0.05, 0.1) is 5.69 Å². The van der Waals surface area contributed by atoms with E-state index in [1.54, 1.807) is 6.20 Å². The zero-order valence-electron chi connectivity index (χ0n) is 15.9. The van der Waals surface area contributed by atoms with Crippen LogP contribution in [0, 0.1) is 17.5 Å². The molecule has 2 aliphatic rings. The van der Waals surface area contributed by atoms with E-state index in [2.05, 4.69) is 35.5 Å². The van der Waals surface area contributed by atoms with Gasteiger partial charge >= 0.3 is 0 Å². The number of nitrogens with zero attached hydrogens (tertiary/aromatic N) is 6. The van der Waals surface area contributed by atoms with Gasteiger partial charge in [-0.3, -0.25) is 4.90 Å². The number of fused-ring (bicyclic) bond motifs is 1. The van der Waals surface area contributed by atoms with Crippen LogP contribution in [0.15, 0.2) is 18.3 Å². The smallest absolute Gasteiger partial charge is 0.241 e. The van der Waals surface area contributed by atoms with Crippen LogP contribution in [-0.2, 0) is 13.1 Å². The van der Waals surface area contributed by atoms with Crippen molar-refractivity contribution in [1.29, 1.82) is 0 Å². The largest absolute Gasteiger partial charge is 0.327 e. The van der Waals surface area contributed by atoms with Crippen molar-refractivity contribution in [2.75, 3.05) is 0 Å². The van der Waals surface area contributed by atoms with E-state index in [0.29, 0.717) is 43.6 Å². The molecular weight excluding hydrogens is 397 g/mol. The number of tetrazole rings is 1. The molecule has 8 nitrogen and oxygen atoms in total. The van der Waals surface area contributed by atoms with Crippen LogP contribution < -0.4 is 5.73 Å². The number of aromatic nitrogens is 6. The van der Waals surface area contributed by atoms with Gasteiger partial charge in [-0.25, -0.2) is 23.1 Å². The van der Waals surface area contributed by atoms with Crippen molar-refractivity contribution in [2.24, 2.45) is 5.73 Å². The van der Waals surface area contributed by atoms with Crippen LogP contribution in [0.4, 0.5) is 13.2 Å². The molecule has 1 saturated carbocycles. The first kappa shape index (κ1) is 19.1. The number of rotatable bonds is 3. The van der Waals surface area contributed by atoms with Gasteiger partial charge in [0.25, 0.3) is 0 Å². The van der Waals surface area contributed by atoms with Crippen molar-refractivity contribution >= 4 is 0 Å². The fraction of sp³-hybridized carbons (Fsp3) is 0.421. The maximum absolute atomic E-state index is 14.2. The molecular formula is C19H19F3N8. The fourth-order valence-electron chi connectivity index (χ4n) is 4.52. The van der Waals surface area contributed by atoms with E-state index in [-0.39, 0.29) is 23.6 Å². The number of aromatic amines is 1. The quantitative estimate of drug-likeness (QED) is 0.629. The summed E-state index contributed by atoms with van der Waals surface area (Å²) in [6, 6.07) is 1.37. The summed E-state index contributed by atoms with van der Waals surface area (Å²) in [5.74, 6) is -2.57. The molecule has 11 heteroatoms. The predicted molar refractivity (Wildman–Crippen MR) is 99.1 cm³/mol. The van der Waals surface area contributed by atoms with Gasteiger partial charge in [0.1, 0.15) is 5.82 Å². The van der Waals surface area contributed by atoms with E-state index in [9.17, 15) is 13.2 Å². The molecule has 3 heterocycles. The second-order valence-corrected chi connectivity index (χ2v) is 7.83. The minimum atomic E-state index is -1.19. The molecule has 0 amide bonds. The summed E-state index contributed by atoms with van der Waals surface area (Å²) >= 11 is 0. The molecule has 30 heavy (non-hydrogen) atoms. The van der Waals surface area contributed by atoms with Crippen LogP contribution in [-0.4, -0.2) is 47.6 Å². The van der Waals surface area contributed by atoms with Crippen molar-refractivity contribution < 1.29 is 13.2 Å². The summed E-state index contributed by atoms with van der Waals surface area (Å²) in [7, 11) is 0. The number of hydrogen-bond donors (Lipinski definition) is 2. The first-order chi connectivity index (χ1) is 14.5. The van der Waals surface area contributed by atoms with E-state index in [0.717, 1.165) is 23.7 Å². The first-order valence-corrected chi connectivity index (χ1v) is 9.72. The minimum absolute atomic E-state index is 0.153. The zero-order valence-corrected chi connectivity index (χ0v) is 15.9. The summed E-state index contributed by atoms with van der Waals surface area (Å²) in [6.07, 6.45) is 3.77. The molecule has 3 aromatic rings. The van der Waals surface area contributed by atoms with Crippen molar-refractivity contribution in [3.05, 3.63) is 52.6 Å². The summed E-state index contributed by atoms with van der Waals surface area (Å²) in [4.78, 5) is 11.1. The second kappa shape index (κ2) is 7.40. The Balaban J connectivity index is 1.29. The predicted octanol–water partition coefficient (Wildman–Crippen LogP) is 2.05. The molecule has 5 rings (SSSR count). The Morgan fingerprint density at radius 3 is 2.63 bits per heavy atom. The molecule has 1 aromatic carbocycles. The molecule has 1 aliphatic heterocycles. The lowest BCUT2D eigenvalue weighted by Crippen LogP contribution is -2.44. The SMILES string of the molecule is N[C@H]1C[C@@H](N2Cc3cnc(-c4nn[nH]n4)nc3C2)CC[C@@H]1c1cc(F)c(F)cc1F. The average Bonchev–Trinajstić information content (AvgIpc) is 3.40. The normalized spacial score (nSPS) is 24.2. The third kappa shape index (κ3) is 3.33. The van der Waals surface area contributed by atoms with E-state index < -0.39 is 17.5 Å². The Bertz CT molecular complexity index is 1070. The lowest BCUT2D eigenvalue weighted by molar-refractivity contribution is 0.137. The van der Waals surface area contributed by atoms with Crippen molar-refractivity contribution in [3.8, 4) is 11.6 Å². The zero-order chi connectivity index (χ0) is 20.8. The molecule has 0 saturated heterocycles. The number of hydrogen-bond acceptors (Lipinski definition) is 7. The van der Waals surface area contributed by atoms with Gasteiger partial charge in [-0.1, -0.05) is 0 Å². The Morgan fingerprint density at radius 2 is 1.87 bits per heavy atom. The lowest BCUT2D eigenvalue weighted by Gasteiger charge is -2.38. The van der Waals surface area contributed by atoms with Gasteiger partial charge < -0.3 is 5.73 Å². The molecule has 0 spiro atoms. The second-order valence-electron chi connectivity index (χ2n) is 7.83. The number of nitrogens with two attached hydrogens (primary N) is 1. The topological polar surface area (TPSA) is 110 Å². The Hall–Kier alpha value is -2.92. The highest BCUT2D eigenvalue weighted by molar-refractivity contribution is 5.42.